The van der Waals surface area contributed by atoms with E-state index in [1.165, 1.54) is 0 Å². The zero-order chi connectivity index (χ0) is 49.7. The van der Waals surface area contributed by atoms with Gasteiger partial charge >= 0.3 is 0 Å². The van der Waals surface area contributed by atoms with Crippen molar-refractivity contribution < 1.29 is 9.47 Å². The molecule has 0 unspecified atom stereocenters. The SMILES string of the molecule is c1ccc(-c2nnc(-c3ccc(C(c4ccc(-c5nnc(-c6ccccc6)s5)cc4)(c4ccc(N5c6ccccc6Oc6ccccc65)cc4)c4ccc(N5c6ccccc6Oc6ccccc65)cc4)cc3)s2)cc1. The highest BCUT2D eigenvalue weighted by atomic mass is 32.1. The number of rotatable bonds is 10. The Balaban J connectivity index is 0.952. The van der Waals surface area contributed by atoms with Crippen LogP contribution >= 0.6 is 22.7 Å². The Hall–Kier alpha value is -9.48. The Morgan fingerprint density at radius 3 is 0.827 bits per heavy atom. The fraction of sp³-hybridized carbons (Fsp3) is 0.0154. The number of aromatic nitrogens is 4. The lowest BCUT2D eigenvalue weighted by Gasteiger charge is -2.38. The van der Waals surface area contributed by atoms with Crippen molar-refractivity contribution in [2.24, 2.45) is 0 Å². The minimum atomic E-state index is -0.845. The first-order valence-corrected chi connectivity index (χ1v) is 26.3. The standard InChI is InChI=1S/C65H42N6O2S2/c1-3-15-43(16-4-1)61-66-68-63(74-61)45-27-31-47(32-28-45)65(48-33-29-46(30-34-48)64-69-67-62(75-64)44-17-5-2-6-18-44,49-35-39-51(40-36-49)70-53-19-7-11-23-57(53)72-58-24-12-8-20-54(58)70)50-37-41-52(42-38-50)71-55-21-9-13-25-59(55)73-60-26-14-10-22-56(60)71/h1-42H. The van der Waals surface area contributed by atoms with Gasteiger partial charge in [-0.15, -0.1) is 20.4 Å². The minimum Gasteiger partial charge on any atom is -0.453 e. The van der Waals surface area contributed by atoms with E-state index in [1.807, 2.05) is 84.9 Å². The molecule has 0 N–H and O–H groups in total. The summed E-state index contributed by atoms with van der Waals surface area (Å²) in [6.07, 6.45) is 0. The second kappa shape index (κ2) is 18.5. The van der Waals surface area contributed by atoms with Gasteiger partial charge in [-0.2, -0.15) is 0 Å². The summed E-state index contributed by atoms with van der Waals surface area (Å²) in [5.74, 6) is 3.21. The summed E-state index contributed by atoms with van der Waals surface area (Å²) in [5.41, 5.74) is 13.5. The van der Waals surface area contributed by atoms with Crippen molar-refractivity contribution in [2.75, 3.05) is 9.80 Å². The molecular formula is C65H42N6O2S2. The highest BCUT2D eigenvalue weighted by Crippen LogP contribution is 2.54. The summed E-state index contributed by atoms with van der Waals surface area (Å²) in [6.45, 7) is 0. The summed E-state index contributed by atoms with van der Waals surface area (Å²) < 4.78 is 12.9. The largest absolute Gasteiger partial charge is 0.453 e. The second-order valence-corrected chi connectivity index (χ2v) is 20.3. The van der Waals surface area contributed by atoms with Gasteiger partial charge in [0.2, 0.25) is 0 Å². The predicted molar refractivity (Wildman–Crippen MR) is 303 cm³/mol. The monoisotopic (exact) mass is 1000 g/mol. The number of nitrogens with zero attached hydrogens (tertiary/aromatic N) is 6. The van der Waals surface area contributed by atoms with Crippen LogP contribution in [0, 0.1) is 0 Å². The van der Waals surface area contributed by atoms with E-state index in [9.17, 15) is 0 Å². The fourth-order valence-electron chi connectivity index (χ4n) is 10.5. The van der Waals surface area contributed by atoms with Crippen LogP contribution in [-0.2, 0) is 5.41 Å². The summed E-state index contributed by atoms with van der Waals surface area (Å²) >= 11 is 3.19. The molecule has 0 spiro atoms. The lowest BCUT2D eigenvalue weighted by molar-refractivity contribution is 0.477. The molecule has 2 aromatic heterocycles. The van der Waals surface area contributed by atoms with Crippen molar-refractivity contribution >= 4 is 56.8 Å². The molecule has 0 amide bonds. The summed E-state index contributed by atoms with van der Waals surface area (Å²) in [5, 5.41) is 22.1. The van der Waals surface area contributed by atoms with Crippen molar-refractivity contribution in [1.29, 1.82) is 0 Å². The molecule has 0 fully saturated rings. The van der Waals surface area contributed by atoms with Gasteiger partial charge in [-0.3, -0.25) is 0 Å². The normalized spacial score (nSPS) is 12.4. The number of para-hydroxylation sites is 8. The van der Waals surface area contributed by atoms with E-state index >= 15 is 0 Å². The van der Waals surface area contributed by atoms with E-state index in [4.69, 9.17) is 19.7 Å². The number of hydrogen-bond donors (Lipinski definition) is 0. The van der Waals surface area contributed by atoms with E-state index in [-0.39, 0.29) is 0 Å². The molecule has 0 aliphatic carbocycles. The maximum absolute atomic E-state index is 6.44. The first kappa shape index (κ1) is 44.2. The van der Waals surface area contributed by atoms with Gasteiger partial charge in [0.1, 0.15) is 20.0 Å². The molecule has 356 valence electrons. The van der Waals surface area contributed by atoms with E-state index in [1.54, 1.807) is 22.7 Å². The second-order valence-electron chi connectivity index (χ2n) is 18.3. The topological polar surface area (TPSA) is 76.5 Å². The summed E-state index contributed by atoms with van der Waals surface area (Å²) in [4.78, 5) is 4.57. The molecule has 0 radical (unpaired) electrons. The summed E-state index contributed by atoms with van der Waals surface area (Å²) in [6, 6.07) is 89.2. The molecule has 2 aliphatic heterocycles. The van der Waals surface area contributed by atoms with Crippen LogP contribution in [0.4, 0.5) is 34.1 Å². The third-order valence-corrected chi connectivity index (χ3v) is 16.0. The first-order chi connectivity index (χ1) is 37.2. The number of anilines is 6. The van der Waals surface area contributed by atoms with Crippen molar-refractivity contribution in [1.82, 2.24) is 20.4 Å². The van der Waals surface area contributed by atoms with E-state index in [0.717, 1.165) is 122 Å². The number of ether oxygens (including phenoxy) is 2. The zero-order valence-corrected chi connectivity index (χ0v) is 41.7. The first-order valence-electron chi connectivity index (χ1n) is 24.7. The van der Waals surface area contributed by atoms with Crippen LogP contribution in [0.2, 0.25) is 0 Å². The van der Waals surface area contributed by atoms with Gasteiger partial charge < -0.3 is 19.3 Å². The molecule has 75 heavy (non-hydrogen) atoms. The van der Waals surface area contributed by atoms with E-state index in [2.05, 4.69) is 190 Å². The maximum atomic E-state index is 6.44. The Labute approximate surface area is 441 Å². The molecular weight excluding hydrogens is 961 g/mol. The highest BCUT2D eigenvalue weighted by molar-refractivity contribution is 7.18. The highest BCUT2D eigenvalue weighted by Gasteiger charge is 2.40. The smallest absolute Gasteiger partial charge is 0.151 e. The average molecular weight is 1000 g/mol. The third-order valence-electron chi connectivity index (χ3n) is 14.0. The molecule has 14 rings (SSSR count). The molecule has 10 heteroatoms. The van der Waals surface area contributed by atoms with Crippen LogP contribution < -0.4 is 19.3 Å². The Kier molecular flexibility index (Phi) is 10.9. The number of benzene rings is 10. The average Bonchev–Trinajstić information content (AvgIpc) is 4.20. The van der Waals surface area contributed by atoms with Gasteiger partial charge in [0.15, 0.2) is 23.0 Å². The Bertz CT molecular complexity index is 3660. The lowest BCUT2D eigenvalue weighted by atomic mass is 9.65. The lowest BCUT2D eigenvalue weighted by Crippen LogP contribution is -2.31. The van der Waals surface area contributed by atoms with Crippen LogP contribution in [0.3, 0.4) is 0 Å². The third kappa shape index (κ3) is 7.74. The number of hydrogen-bond acceptors (Lipinski definition) is 10. The molecule has 8 nitrogen and oxygen atoms in total. The van der Waals surface area contributed by atoms with Crippen LogP contribution in [0.1, 0.15) is 22.3 Å². The molecule has 0 saturated heterocycles. The molecule has 4 heterocycles. The summed E-state index contributed by atoms with van der Waals surface area (Å²) in [7, 11) is 0. The fourth-order valence-corrected chi connectivity index (χ4v) is 12.2. The molecule has 10 aromatic carbocycles. The molecule has 0 bridgehead atoms. The molecule has 0 atom stereocenters. The minimum absolute atomic E-state index is 0.804. The Morgan fingerprint density at radius 2 is 0.520 bits per heavy atom. The van der Waals surface area contributed by atoms with Crippen molar-refractivity contribution in [3.05, 3.63) is 277 Å². The van der Waals surface area contributed by atoms with Crippen molar-refractivity contribution in [3.8, 4) is 65.3 Å². The predicted octanol–water partition coefficient (Wildman–Crippen LogP) is 17.6. The molecule has 2 aliphatic rings. The number of fused-ring (bicyclic) bond motifs is 4. The van der Waals surface area contributed by atoms with Gasteiger partial charge in [0, 0.05) is 33.6 Å². The van der Waals surface area contributed by atoms with Gasteiger partial charge in [-0.25, -0.2) is 0 Å². The van der Waals surface area contributed by atoms with Crippen molar-refractivity contribution in [3.63, 3.8) is 0 Å². The molecule has 0 saturated carbocycles. The van der Waals surface area contributed by atoms with Gasteiger partial charge in [-0.05, 0) is 95.1 Å². The van der Waals surface area contributed by atoms with Crippen LogP contribution in [-0.4, -0.2) is 20.4 Å². The van der Waals surface area contributed by atoms with Crippen LogP contribution in [0.25, 0.3) is 42.3 Å². The van der Waals surface area contributed by atoms with Gasteiger partial charge in [-0.1, -0.05) is 205 Å². The van der Waals surface area contributed by atoms with Gasteiger partial charge in [0.05, 0.1) is 28.2 Å². The van der Waals surface area contributed by atoms with Crippen molar-refractivity contribution in [2.45, 2.75) is 5.41 Å². The Morgan fingerprint density at radius 1 is 0.267 bits per heavy atom. The van der Waals surface area contributed by atoms with Crippen LogP contribution in [0.15, 0.2) is 255 Å². The van der Waals surface area contributed by atoms with Crippen LogP contribution in [0.5, 0.6) is 23.0 Å². The van der Waals surface area contributed by atoms with E-state index in [0.29, 0.717) is 0 Å². The van der Waals surface area contributed by atoms with Gasteiger partial charge in [0.25, 0.3) is 0 Å². The van der Waals surface area contributed by atoms with E-state index < -0.39 is 5.41 Å². The maximum Gasteiger partial charge on any atom is 0.151 e. The molecule has 12 aromatic rings. The quantitative estimate of drug-likeness (QED) is 0.125. The zero-order valence-electron chi connectivity index (χ0n) is 40.1.